The van der Waals surface area contributed by atoms with Crippen LogP contribution in [0.4, 0.5) is 5.69 Å². The summed E-state index contributed by atoms with van der Waals surface area (Å²) >= 11 is 4.74. The molecule has 0 spiro atoms. The number of nitrogens with zero attached hydrogens (tertiary/aromatic N) is 4. The lowest BCUT2D eigenvalue weighted by atomic mass is 10.3. The predicted molar refractivity (Wildman–Crippen MR) is 102 cm³/mol. The molecule has 8 heteroatoms. The normalized spacial score (nSPS) is 10.6. The molecule has 0 bridgehead atoms. The minimum atomic E-state index is -0.0897. The summed E-state index contributed by atoms with van der Waals surface area (Å²) in [5.74, 6) is 0.874. The topological polar surface area (TPSA) is 72.7 Å². The quantitative estimate of drug-likeness (QED) is 0.616. The minimum absolute atomic E-state index is 0.0897. The van der Waals surface area contributed by atoms with Gasteiger partial charge >= 0.3 is 0 Å². The molecular formula is C17H16BrN5OS. The number of hydrogen-bond donors (Lipinski definition) is 1. The zero-order valence-electron chi connectivity index (χ0n) is 13.5. The Balaban J connectivity index is 1.67. The van der Waals surface area contributed by atoms with Crippen molar-refractivity contribution in [3.05, 3.63) is 53.1 Å². The lowest BCUT2D eigenvalue weighted by molar-refractivity contribution is -0.113. The molecule has 1 aromatic carbocycles. The predicted octanol–water partition coefficient (Wildman–Crippen LogP) is 3.85. The van der Waals surface area contributed by atoms with E-state index in [1.807, 2.05) is 54.0 Å². The van der Waals surface area contributed by atoms with Crippen LogP contribution < -0.4 is 5.32 Å². The molecular weight excluding hydrogens is 402 g/mol. The zero-order chi connectivity index (χ0) is 17.6. The smallest absolute Gasteiger partial charge is 0.234 e. The van der Waals surface area contributed by atoms with Gasteiger partial charge in [0.05, 0.1) is 5.75 Å². The third-order valence-electron chi connectivity index (χ3n) is 3.37. The molecule has 1 N–H and O–H groups in total. The van der Waals surface area contributed by atoms with Gasteiger partial charge in [0.15, 0.2) is 11.0 Å². The number of nitrogens with one attached hydrogen (secondary N) is 1. The number of aromatic nitrogens is 4. The minimum Gasteiger partial charge on any atom is -0.325 e. The second-order valence-corrected chi connectivity index (χ2v) is 6.97. The molecule has 3 aromatic rings. The number of halogens is 1. The van der Waals surface area contributed by atoms with E-state index in [9.17, 15) is 4.79 Å². The number of carbonyl (C=O) groups excluding carboxylic acids is 1. The molecule has 2 aromatic heterocycles. The van der Waals surface area contributed by atoms with Crippen molar-refractivity contribution < 1.29 is 4.79 Å². The van der Waals surface area contributed by atoms with E-state index < -0.39 is 0 Å². The highest BCUT2D eigenvalue weighted by Gasteiger charge is 2.15. The monoisotopic (exact) mass is 417 g/mol. The van der Waals surface area contributed by atoms with Crippen molar-refractivity contribution in [2.75, 3.05) is 11.1 Å². The Kier molecular flexibility index (Phi) is 5.83. The van der Waals surface area contributed by atoms with E-state index in [2.05, 4.69) is 36.4 Å². The summed E-state index contributed by atoms with van der Waals surface area (Å²) in [4.78, 5) is 16.5. The molecule has 0 aliphatic rings. The van der Waals surface area contributed by atoms with Gasteiger partial charge in [-0.25, -0.2) is 0 Å². The van der Waals surface area contributed by atoms with Crippen molar-refractivity contribution in [2.24, 2.45) is 0 Å². The van der Waals surface area contributed by atoms with E-state index in [-0.39, 0.29) is 11.7 Å². The van der Waals surface area contributed by atoms with Gasteiger partial charge in [-0.2, -0.15) is 0 Å². The standard InChI is InChI=1S/C17H16BrN5OS/c1-2-23-16(14-8-3-4-9-19-14)21-22-17(23)25-11-15(24)20-13-7-5-6-12(18)10-13/h3-10H,2,11H2,1H3,(H,20,24). The van der Waals surface area contributed by atoms with E-state index in [4.69, 9.17) is 0 Å². The SMILES string of the molecule is CCn1c(SCC(=O)Nc2cccc(Br)c2)nnc1-c1ccccn1. The van der Waals surface area contributed by atoms with Crippen LogP contribution in [0.2, 0.25) is 0 Å². The van der Waals surface area contributed by atoms with Crippen molar-refractivity contribution in [1.82, 2.24) is 19.7 Å². The molecule has 6 nitrogen and oxygen atoms in total. The van der Waals surface area contributed by atoms with Gasteiger partial charge in [0, 0.05) is 22.9 Å². The summed E-state index contributed by atoms with van der Waals surface area (Å²) in [7, 11) is 0. The molecule has 1 amide bonds. The van der Waals surface area contributed by atoms with Crippen molar-refractivity contribution in [3.63, 3.8) is 0 Å². The Morgan fingerprint density at radius 2 is 2.12 bits per heavy atom. The molecule has 0 atom stereocenters. The number of benzene rings is 1. The Hall–Kier alpha value is -2.19. The summed E-state index contributed by atoms with van der Waals surface area (Å²) in [6.45, 7) is 2.72. The van der Waals surface area contributed by atoms with E-state index in [0.717, 1.165) is 15.9 Å². The van der Waals surface area contributed by atoms with E-state index in [0.29, 0.717) is 17.5 Å². The van der Waals surface area contributed by atoms with Crippen molar-refractivity contribution in [3.8, 4) is 11.5 Å². The number of hydrogen-bond acceptors (Lipinski definition) is 5. The van der Waals surface area contributed by atoms with E-state index in [1.165, 1.54) is 11.8 Å². The molecule has 128 valence electrons. The fraction of sp³-hybridized carbons (Fsp3) is 0.176. The molecule has 0 fully saturated rings. The zero-order valence-corrected chi connectivity index (χ0v) is 15.9. The highest BCUT2D eigenvalue weighted by Crippen LogP contribution is 2.23. The maximum Gasteiger partial charge on any atom is 0.234 e. The van der Waals surface area contributed by atoms with Crippen LogP contribution in [-0.2, 0) is 11.3 Å². The Labute approximate surface area is 158 Å². The molecule has 0 saturated carbocycles. The van der Waals surface area contributed by atoms with Gasteiger partial charge < -0.3 is 9.88 Å². The largest absolute Gasteiger partial charge is 0.325 e. The first-order valence-electron chi connectivity index (χ1n) is 7.70. The van der Waals surface area contributed by atoms with Crippen LogP contribution in [0.15, 0.2) is 58.3 Å². The first-order valence-corrected chi connectivity index (χ1v) is 9.48. The van der Waals surface area contributed by atoms with Crippen molar-refractivity contribution in [1.29, 1.82) is 0 Å². The van der Waals surface area contributed by atoms with Crippen molar-refractivity contribution >= 4 is 39.3 Å². The number of carbonyl (C=O) groups is 1. The summed E-state index contributed by atoms with van der Waals surface area (Å²) in [6.07, 6.45) is 1.72. The third-order valence-corrected chi connectivity index (χ3v) is 4.83. The van der Waals surface area contributed by atoms with Gasteiger partial charge in [-0.3, -0.25) is 9.78 Å². The van der Waals surface area contributed by atoms with Crippen LogP contribution in [0.25, 0.3) is 11.5 Å². The number of rotatable bonds is 6. The summed E-state index contributed by atoms with van der Waals surface area (Å²) < 4.78 is 2.88. The maximum atomic E-state index is 12.2. The number of anilines is 1. The van der Waals surface area contributed by atoms with Gasteiger partial charge in [0.1, 0.15) is 5.69 Å². The Morgan fingerprint density at radius 3 is 2.84 bits per heavy atom. The number of pyridine rings is 1. The first kappa shape index (κ1) is 17.6. The van der Waals surface area contributed by atoms with Gasteiger partial charge in [-0.05, 0) is 37.3 Å². The molecule has 0 unspecified atom stereocenters. The number of thioether (sulfide) groups is 1. The molecule has 25 heavy (non-hydrogen) atoms. The van der Waals surface area contributed by atoms with Crippen LogP contribution in [0, 0.1) is 0 Å². The van der Waals surface area contributed by atoms with Gasteiger partial charge in [0.2, 0.25) is 5.91 Å². The second-order valence-electron chi connectivity index (χ2n) is 5.11. The van der Waals surface area contributed by atoms with Crippen LogP contribution in [0.3, 0.4) is 0 Å². The van der Waals surface area contributed by atoms with Crippen LogP contribution in [0.1, 0.15) is 6.92 Å². The molecule has 0 radical (unpaired) electrons. The van der Waals surface area contributed by atoms with Crippen molar-refractivity contribution in [2.45, 2.75) is 18.6 Å². The van der Waals surface area contributed by atoms with Crippen LogP contribution in [-0.4, -0.2) is 31.4 Å². The first-order chi connectivity index (χ1) is 12.2. The van der Waals surface area contributed by atoms with Crippen LogP contribution in [0.5, 0.6) is 0 Å². The van der Waals surface area contributed by atoms with Gasteiger partial charge in [0.25, 0.3) is 0 Å². The van der Waals surface area contributed by atoms with E-state index in [1.54, 1.807) is 6.20 Å². The summed E-state index contributed by atoms with van der Waals surface area (Å²) in [6, 6.07) is 13.2. The number of amides is 1. The lowest BCUT2D eigenvalue weighted by Gasteiger charge is -2.07. The fourth-order valence-electron chi connectivity index (χ4n) is 2.26. The Bertz CT molecular complexity index is 868. The highest BCUT2D eigenvalue weighted by atomic mass is 79.9. The second kappa shape index (κ2) is 8.26. The lowest BCUT2D eigenvalue weighted by Crippen LogP contribution is -2.14. The average Bonchev–Trinajstić information content (AvgIpc) is 3.03. The molecule has 0 aliphatic heterocycles. The summed E-state index contributed by atoms with van der Waals surface area (Å²) in [5, 5.41) is 12.0. The molecule has 0 aliphatic carbocycles. The maximum absolute atomic E-state index is 12.2. The molecule has 0 saturated heterocycles. The van der Waals surface area contributed by atoms with Gasteiger partial charge in [-0.1, -0.05) is 39.8 Å². The van der Waals surface area contributed by atoms with Crippen LogP contribution >= 0.6 is 27.7 Å². The highest BCUT2D eigenvalue weighted by molar-refractivity contribution is 9.10. The molecule has 2 heterocycles. The Morgan fingerprint density at radius 1 is 1.24 bits per heavy atom. The fourth-order valence-corrected chi connectivity index (χ4v) is 3.46. The third kappa shape index (κ3) is 4.46. The molecule has 3 rings (SSSR count). The average molecular weight is 418 g/mol. The summed E-state index contributed by atoms with van der Waals surface area (Å²) in [5.41, 5.74) is 1.52. The van der Waals surface area contributed by atoms with E-state index >= 15 is 0 Å². The van der Waals surface area contributed by atoms with Gasteiger partial charge in [-0.15, -0.1) is 10.2 Å².